The Hall–Kier alpha value is -1.92. The average Bonchev–Trinajstić information content (AvgIpc) is 3.04. The van der Waals surface area contributed by atoms with Crippen molar-refractivity contribution < 1.29 is 14.3 Å². The molecule has 6 heteroatoms. The lowest BCUT2D eigenvalue weighted by Gasteiger charge is -2.15. The number of hydrogen-bond acceptors (Lipinski definition) is 4. The fraction of sp³-hybridized carbons (Fsp3) is 0.176. The van der Waals surface area contributed by atoms with Gasteiger partial charge in [-0.05, 0) is 47.0 Å². The minimum Gasteiger partial charge on any atom is -0.452 e. The van der Waals surface area contributed by atoms with Crippen LogP contribution in [0.1, 0.15) is 24.1 Å². The van der Waals surface area contributed by atoms with Gasteiger partial charge in [-0.2, -0.15) is 11.3 Å². The van der Waals surface area contributed by atoms with E-state index in [0.29, 0.717) is 0 Å². The van der Waals surface area contributed by atoms with Crippen molar-refractivity contribution >= 4 is 45.2 Å². The summed E-state index contributed by atoms with van der Waals surface area (Å²) in [6.07, 6.45) is 2.97. The first kappa shape index (κ1) is 17.4. The quantitative estimate of drug-likeness (QED) is 0.597. The van der Waals surface area contributed by atoms with Crippen LogP contribution in [0, 0.1) is 0 Å². The summed E-state index contributed by atoms with van der Waals surface area (Å²) >= 11 is 4.99. The Kier molecular flexibility index (Phi) is 6.55. The van der Waals surface area contributed by atoms with Crippen molar-refractivity contribution in [3.8, 4) is 0 Å². The third-order valence-corrected chi connectivity index (χ3v) is 4.47. The number of nitrogens with one attached hydrogen (secondary N) is 1. The van der Waals surface area contributed by atoms with Gasteiger partial charge in [0.05, 0.1) is 6.04 Å². The Labute approximate surface area is 147 Å². The molecule has 0 aliphatic heterocycles. The zero-order valence-electron chi connectivity index (χ0n) is 12.5. The van der Waals surface area contributed by atoms with E-state index >= 15 is 0 Å². The highest BCUT2D eigenvalue weighted by atomic mass is 79.9. The van der Waals surface area contributed by atoms with Gasteiger partial charge in [-0.25, -0.2) is 4.79 Å². The fourth-order valence-corrected chi connectivity index (χ4v) is 3.16. The third kappa shape index (κ3) is 5.65. The maximum Gasteiger partial charge on any atom is 0.331 e. The van der Waals surface area contributed by atoms with Crippen LogP contribution in [-0.4, -0.2) is 18.5 Å². The number of esters is 1. The summed E-state index contributed by atoms with van der Waals surface area (Å²) < 4.78 is 5.84. The Bertz CT molecular complexity index is 698. The Morgan fingerprint density at radius 2 is 2.13 bits per heavy atom. The average molecular weight is 394 g/mol. The van der Waals surface area contributed by atoms with Crippen LogP contribution in [0.5, 0.6) is 0 Å². The number of benzene rings is 1. The van der Waals surface area contributed by atoms with Gasteiger partial charge >= 0.3 is 5.97 Å². The molecular formula is C17H16BrNO3S. The van der Waals surface area contributed by atoms with Crippen LogP contribution in [-0.2, 0) is 14.3 Å². The van der Waals surface area contributed by atoms with Gasteiger partial charge in [0.2, 0.25) is 0 Å². The maximum atomic E-state index is 11.8. The molecule has 1 N–H and O–H groups in total. The van der Waals surface area contributed by atoms with E-state index in [1.54, 1.807) is 17.4 Å². The number of thiophene rings is 1. The summed E-state index contributed by atoms with van der Waals surface area (Å²) in [5.74, 6) is -0.884. The lowest BCUT2D eigenvalue weighted by atomic mass is 10.1. The summed E-state index contributed by atoms with van der Waals surface area (Å²) in [6.45, 7) is 1.57. The zero-order chi connectivity index (χ0) is 16.7. The van der Waals surface area contributed by atoms with Crippen molar-refractivity contribution in [2.75, 3.05) is 6.61 Å². The summed E-state index contributed by atoms with van der Waals surface area (Å²) in [6, 6.07) is 9.35. The van der Waals surface area contributed by atoms with E-state index in [0.717, 1.165) is 15.6 Å². The van der Waals surface area contributed by atoms with E-state index in [1.807, 2.05) is 48.0 Å². The molecule has 1 heterocycles. The SMILES string of the molecule is C[C@@H](NC(=O)COC(=O)/C=C/c1ccsc1)c1ccccc1Br. The Morgan fingerprint density at radius 3 is 2.83 bits per heavy atom. The number of hydrogen-bond donors (Lipinski definition) is 1. The zero-order valence-corrected chi connectivity index (χ0v) is 14.9. The second-order valence-corrected chi connectivity index (χ2v) is 6.44. The second-order valence-electron chi connectivity index (χ2n) is 4.81. The maximum absolute atomic E-state index is 11.8. The Morgan fingerprint density at radius 1 is 1.35 bits per heavy atom. The monoisotopic (exact) mass is 393 g/mol. The molecule has 0 bridgehead atoms. The third-order valence-electron chi connectivity index (χ3n) is 3.05. The van der Waals surface area contributed by atoms with Gasteiger partial charge in [-0.15, -0.1) is 0 Å². The second kappa shape index (κ2) is 8.64. The molecule has 0 spiro atoms. The van der Waals surface area contributed by atoms with Gasteiger partial charge in [0.15, 0.2) is 6.61 Å². The molecule has 1 atom stereocenters. The smallest absolute Gasteiger partial charge is 0.331 e. The van der Waals surface area contributed by atoms with Gasteiger partial charge in [0.1, 0.15) is 0 Å². The van der Waals surface area contributed by atoms with E-state index in [1.165, 1.54) is 6.08 Å². The minimum atomic E-state index is -0.542. The largest absolute Gasteiger partial charge is 0.452 e. The summed E-state index contributed by atoms with van der Waals surface area (Å²) in [7, 11) is 0. The number of carbonyl (C=O) groups excluding carboxylic acids is 2. The number of amides is 1. The van der Waals surface area contributed by atoms with Crippen LogP contribution >= 0.6 is 27.3 Å². The Balaban J connectivity index is 1.78. The molecule has 1 amide bonds. The van der Waals surface area contributed by atoms with Gasteiger partial charge in [-0.3, -0.25) is 4.79 Å². The molecule has 2 aromatic rings. The normalized spacial score (nSPS) is 12.1. The van der Waals surface area contributed by atoms with Crippen molar-refractivity contribution in [3.63, 3.8) is 0 Å². The molecular weight excluding hydrogens is 378 g/mol. The van der Waals surface area contributed by atoms with E-state index in [-0.39, 0.29) is 18.6 Å². The fourth-order valence-electron chi connectivity index (χ4n) is 1.91. The number of carbonyl (C=O) groups is 2. The van der Waals surface area contributed by atoms with Gasteiger partial charge < -0.3 is 10.1 Å². The highest BCUT2D eigenvalue weighted by Crippen LogP contribution is 2.22. The van der Waals surface area contributed by atoms with Crippen molar-refractivity contribution in [3.05, 3.63) is 62.8 Å². The molecule has 2 rings (SSSR count). The van der Waals surface area contributed by atoms with E-state index in [4.69, 9.17) is 4.74 Å². The van der Waals surface area contributed by atoms with E-state index < -0.39 is 5.97 Å². The molecule has 0 aliphatic rings. The molecule has 4 nitrogen and oxygen atoms in total. The van der Waals surface area contributed by atoms with Crippen LogP contribution in [0.2, 0.25) is 0 Å². The van der Waals surface area contributed by atoms with Crippen molar-refractivity contribution in [2.24, 2.45) is 0 Å². The highest BCUT2D eigenvalue weighted by Gasteiger charge is 2.13. The molecule has 0 aliphatic carbocycles. The van der Waals surface area contributed by atoms with Crippen LogP contribution in [0.3, 0.4) is 0 Å². The first-order valence-corrected chi connectivity index (χ1v) is 8.70. The first-order valence-electron chi connectivity index (χ1n) is 6.97. The van der Waals surface area contributed by atoms with Crippen molar-refractivity contribution in [1.82, 2.24) is 5.32 Å². The predicted octanol–water partition coefficient (Wildman–Crippen LogP) is 3.94. The van der Waals surface area contributed by atoms with Crippen LogP contribution in [0.15, 0.2) is 51.6 Å². The topological polar surface area (TPSA) is 55.4 Å². The lowest BCUT2D eigenvalue weighted by Crippen LogP contribution is -2.31. The van der Waals surface area contributed by atoms with Crippen molar-refractivity contribution in [2.45, 2.75) is 13.0 Å². The summed E-state index contributed by atoms with van der Waals surface area (Å²) in [4.78, 5) is 23.4. The number of rotatable bonds is 6. The van der Waals surface area contributed by atoms with Crippen LogP contribution in [0.25, 0.3) is 6.08 Å². The standard InChI is InChI=1S/C17H16BrNO3S/c1-12(14-4-2-3-5-15(14)18)19-16(20)10-22-17(21)7-6-13-8-9-23-11-13/h2-9,11-12H,10H2,1H3,(H,19,20)/b7-6+/t12-/m1/s1. The molecule has 0 unspecified atom stereocenters. The molecule has 120 valence electrons. The van der Waals surface area contributed by atoms with E-state index in [9.17, 15) is 9.59 Å². The molecule has 0 radical (unpaired) electrons. The molecule has 0 fully saturated rings. The van der Waals surface area contributed by atoms with Crippen molar-refractivity contribution in [1.29, 1.82) is 0 Å². The van der Waals surface area contributed by atoms with Gasteiger partial charge in [-0.1, -0.05) is 34.1 Å². The van der Waals surface area contributed by atoms with Crippen LogP contribution in [0.4, 0.5) is 0 Å². The lowest BCUT2D eigenvalue weighted by molar-refractivity contribution is -0.144. The first-order chi connectivity index (χ1) is 11.1. The number of ether oxygens (including phenoxy) is 1. The molecule has 0 saturated heterocycles. The summed E-state index contributed by atoms with van der Waals surface area (Å²) in [5, 5.41) is 6.62. The molecule has 1 aromatic heterocycles. The number of halogens is 1. The highest BCUT2D eigenvalue weighted by molar-refractivity contribution is 9.10. The molecule has 23 heavy (non-hydrogen) atoms. The minimum absolute atomic E-state index is 0.182. The summed E-state index contributed by atoms with van der Waals surface area (Å²) in [5.41, 5.74) is 1.89. The van der Waals surface area contributed by atoms with E-state index in [2.05, 4.69) is 21.2 Å². The van der Waals surface area contributed by atoms with Crippen LogP contribution < -0.4 is 5.32 Å². The van der Waals surface area contributed by atoms with Gasteiger partial charge in [0.25, 0.3) is 5.91 Å². The molecule has 1 aromatic carbocycles. The van der Waals surface area contributed by atoms with Gasteiger partial charge in [0, 0.05) is 10.5 Å². The predicted molar refractivity (Wildman–Crippen MR) is 95.0 cm³/mol. The molecule has 0 saturated carbocycles.